The molecular formula is C15H22ClFN2O. The van der Waals surface area contributed by atoms with Crippen molar-refractivity contribution in [2.24, 2.45) is 5.92 Å². The number of carbonyl (C=O) groups is 1. The monoisotopic (exact) mass is 300 g/mol. The van der Waals surface area contributed by atoms with Crippen molar-refractivity contribution >= 4 is 18.3 Å². The molecule has 1 aliphatic heterocycles. The quantitative estimate of drug-likeness (QED) is 0.876. The van der Waals surface area contributed by atoms with Gasteiger partial charge < -0.3 is 10.6 Å². The Morgan fingerprint density at radius 1 is 1.40 bits per heavy atom. The summed E-state index contributed by atoms with van der Waals surface area (Å²) in [5.74, 6) is 0.241. The van der Waals surface area contributed by atoms with E-state index in [0.29, 0.717) is 18.0 Å². The number of amides is 1. The van der Waals surface area contributed by atoms with Crippen LogP contribution in [0.2, 0.25) is 0 Å². The van der Waals surface area contributed by atoms with E-state index in [1.54, 1.807) is 18.2 Å². The van der Waals surface area contributed by atoms with E-state index in [1.165, 1.54) is 18.9 Å². The number of nitrogens with one attached hydrogen (secondary N) is 2. The zero-order chi connectivity index (χ0) is 13.5. The second-order valence-corrected chi connectivity index (χ2v) is 5.12. The fraction of sp³-hybridized carbons (Fsp3) is 0.533. The highest BCUT2D eigenvalue weighted by molar-refractivity contribution is 5.85. The summed E-state index contributed by atoms with van der Waals surface area (Å²) in [6.45, 7) is 2.83. The predicted octanol–water partition coefficient (Wildman–Crippen LogP) is 2.30. The van der Waals surface area contributed by atoms with E-state index < -0.39 is 0 Å². The molecule has 2 N–H and O–H groups in total. The molecular weight excluding hydrogens is 279 g/mol. The van der Waals surface area contributed by atoms with E-state index in [0.717, 1.165) is 19.5 Å². The van der Waals surface area contributed by atoms with Crippen LogP contribution in [-0.2, 0) is 11.2 Å². The van der Waals surface area contributed by atoms with Gasteiger partial charge in [0.2, 0.25) is 5.91 Å². The Balaban J connectivity index is 0.00000200. The van der Waals surface area contributed by atoms with Crippen molar-refractivity contribution in [3.05, 3.63) is 35.6 Å². The van der Waals surface area contributed by atoms with Crippen molar-refractivity contribution in [3.8, 4) is 0 Å². The van der Waals surface area contributed by atoms with Crippen LogP contribution >= 0.6 is 12.4 Å². The molecule has 5 heteroatoms. The van der Waals surface area contributed by atoms with E-state index in [4.69, 9.17) is 0 Å². The second-order valence-electron chi connectivity index (χ2n) is 5.12. The van der Waals surface area contributed by atoms with Gasteiger partial charge >= 0.3 is 0 Å². The molecule has 1 amide bonds. The molecule has 20 heavy (non-hydrogen) atoms. The first-order valence-electron chi connectivity index (χ1n) is 6.96. The van der Waals surface area contributed by atoms with Gasteiger partial charge in [-0.3, -0.25) is 4.79 Å². The highest BCUT2D eigenvalue weighted by Gasteiger charge is 2.13. The molecule has 1 saturated heterocycles. The van der Waals surface area contributed by atoms with Gasteiger partial charge in [-0.2, -0.15) is 0 Å². The van der Waals surface area contributed by atoms with Gasteiger partial charge in [-0.25, -0.2) is 4.39 Å². The standard InChI is InChI=1S/C15H21FN2O.ClH/c16-14-6-2-1-5-13(14)10-15(19)18-9-7-12-4-3-8-17-11-12;/h1-2,5-6,12,17H,3-4,7-11H2,(H,18,19);1H. The Morgan fingerprint density at radius 2 is 2.20 bits per heavy atom. The number of benzene rings is 1. The third-order valence-corrected chi connectivity index (χ3v) is 3.58. The lowest BCUT2D eigenvalue weighted by Gasteiger charge is -2.22. The van der Waals surface area contributed by atoms with Crippen LogP contribution in [0.25, 0.3) is 0 Å². The molecule has 0 bridgehead atoms. The van der Waals surface area contributed by atoms with Gasteiger partial charge in [0.25, 0.3) is 0 Å². The highest BCUT2D eigenvalue weighted by atomic mass is 35.5. The molecule has 1 aliphatic rings. The third-order valence-electron chi connectivity index (χ3n) is 3.58. The minimum Gasteiger partial charge on any atom is -0.356 e. The molecule has 0 radical (unpaired) electrons. The van der Waals surface area contributed by atoms with Gasteiger partial charge in [-0.1, -0.05) is 18.2 Å². The first-order valence-corrected chi connectivity index (χ1v) is 6.96. The Hall–Kier alpha value is -1.13. The van der Waals surface area contributed by atoms with Crippen LogP contribution < -0.4 is 10.6 Å². The van der Waals surface area contributed by atoms with Gasteiger partial charge in [0.15, 0.2) is 0 Å². The van der Waals surface area contributed by atoms with Crippen LogP contribution in [0.4, 0.5) is 4.39 Å². The normalized spacial score (nSPS) is 18.1. The largest absolute Gasteiger partial charge is 0.356 e. The van der Waals surface area contributed by atoms with E-state index in [9.17, 15) is 9.18 Å². The number of hydrogen-bond donors (Lipinski definition) is 2. The molecule has 0 saturated carbocycles. The van der Waals surface area contributed by atoms with E-state index >= 15 is 0 Å². The summed E-state index contributed by atoms with van der Waals surface area (Å²) in [5.41, 5.74) is 0.458. The van der Waals surface area contributed by atoms with Crippen molar-refractivity contribution in [1.82, 2.24) is 10.6 Å². The Morgan fingerprint density at radius 3 is 2.90 bits per heavy atom. The molecule has 112 valence electrons. The topological polar surface area (TPSA) is 41.1 Å². The minimum atomic E-state index is -0.311. The fourth-order valence-corrected chi connectivity index (χ4v) is 2.46. The number of rotatable bonds is 5. The Labute approximate surface area is 125 Å². The molecule has 2 rings (SSSR count). The van der Waals surface area contributed by atoms with Crippen molar-refractivity contribution in [1.29, 1.82) is 0 Å². The summed E-state index contributed by atoms with van der Waals surface area (Å²) in [7, 11) is 0. The first kappa shape index (κ1) is 16.9. The molecule has 0 aromatic heterocycles. The van der Waals surface area contributed by atoms with Crippen LogP contribution in [0.1, 0.15) is 24.8 Å². The fourth-order valence-electron chi connectivity index (χ4n) is 2.46. The lowest BCUT2D eigenvalue weighted by atomic mass is 9.96. The predicted molar refractivity (Wildman–Crippen MR) is 80.6 cm³/mol. The molecule has 1 unspecified atom stereocenters. The maximum absolute atomic E-state index is 13.4. The van der Waals surface area contributed by atoms with Gasteiger partial charge in [-0.15, -0.1) is 12.4 Å². The van der Waals surface area contributed by atoms with Gasteiger partial charge in [0, 0.05) is 6.54 Å². The third kappa shape index (κ3) is 5.47. The molecule has 0 aliphatic carbocycles. The maximum Gasteiger partial charge on any atom is 0.224 e. The first-order chi connectivity index (χ1) is 9.25. The number of halogens is 2. The van der Waals surface area contributed by atoms with Gasteiger partial charge in [0.05, 0.1) is 6.42 Å². The van der Waals surface area contributed by atoms with Crippen molar-refractivity contribution < 1.29 is 9.18 Å². The Bertz CT molecular complexity index is 422. The van der Waals surface area contributed by atoms with E-state index in [1.807, 2.05) is 0 Å². The second kappa shape index (κ2) is 8.93. The van der Waals surface area contributed by atoms with Crippen LogP contribution in [0.5, 0.6) is 0 Å². The number of carbonyl (C=O) groups excluding carboxylic acids is 1. The lowest BCUT2D eigenvalue weighted by molar-refractivity contribution is -0.120. The summed E-state index contributed by atoms with van der Waals surface area (Å²) in [5, 5.41) is 6.23. The zero-order valence-corrected chi connectivity index (χ0v) is 12.3. The average molecular weight is 301 g/mol. The summed E-state index contributed by atoms with van der Waals surface area (Å²) < 4.78 is 13.4. The summed E-state index contributed by atoms with van der Waals surface area (Å²) >= 11 is 0. The summed E-state index contributed by atoms with van der Waals surface area (Å²) in [6, 6.07) is 6.42. The van der Waals surface area contributed by atoms with Gasteiger partial charge in [-0.05, 0) is 49.9 Å². The van der Waals surface area contributed by atoms with Gasteiger partial charge in [0.1, 0.15) is 5.82 Å². The molecule has 3 nitrogen and oxygen atoms in total. The molecule has 1 aromatic rings. The number of hydrogen-bond acceptors (Lipinski definition) is 2. The van der Waals surface area contributed by atoms with Crippen LogP contribution in [0.15, 0.2) is 24.3 Å². The SMILES string of the molecule is Cl.O=C(Cc1ccccc1F)NCCC1CCCNC1. The van der Waals surface area contributed by atoms with E-state index in [-0.39, 0.29) is 30.6 Å². The van der Waals surface area contributed by atoms with Crippen molar-refractivity contribution in [2.45, 2.75) is 25.7 Å². The zero-order valence-electron chi connectivity index (χ0n) is 11.5. The number of piperidine rings is 1. The van der Waals surface area contributed by atoms with Crippen LogP contribution in [0.3, 0.4) is 0 Å². The van der Waals surface area contributed by atoms with Crippen molar-refractivity contribution in [2.75, 3.05) is 19.6 Å². The van der Waals surface area contributed by atoms with Crippen LogP contribution in [-0.4, -0.2) is 25.5 Å². The molecule has 1 heterocycles. The van der Waals surface area contributed by atoms with Crippen LogP contribution in [0, 0.1) is 11.7 Å². The Kier molecular flexibility index (Phi) is 7.55. The molecule has 1 atom stereocenters. The maximum atomic E-state index is 13.4. The molecule has 1 aromatic carbocycles. The summed E-state index contributed by atoms with van der Waals surface area (Å²) in [4.78, 5) is 11.7. The lowest BCUT2D eigenvalue weighted by Crippen LogP contribution is -2.33. The summed E-state index contributed by atoms with van der Waals surface area (Å²) in [6.07, 6.45) is 3.57. The minimum absolute atomic E-state index is 0. The van der Waals surface area contributed by atoms with Crippen molar-refractivity contribution in [3.63, 3.8) is 0 Å². The highest BCUT2D eigenvalue weighted by Crippen LogP contribution is 2.13. The van der Waals surface area contributed by atoms with E-state index in [2.05, 4.69) is 10.6 Å². The smallest absolute Gasteiger partial charge is 0.224 e. The average Bonchev–Trinajstić information content (AvgIpc) is 2.43. The molecule has 0 spiro atoms. The molecule has 1 fully saturated rings.